The van der Waals surface area contributed by atoms with Crippen LogP contribution in [0.1, 0.15) is 149 Å². The number of amides is 1. The van der Waals surface area contributed by atoms with E-state index in [-0.39, 0.29) is 18.9 Å². The summed E-state index contributed by atoms with van der Waals surface area (Å²) < 4.78 is 34.1. The molecule has 78 heavy (non-hydrogen) atoms. The summed E-state index contributed by atoms with van der Waals surface area (Å²) in [6.45, 7) is 1.54. The minimum absolute atomic E-state index is 0.237. The van der Waals surface area contributed by atoms with Gasteiger partial charge < -0.3 is 89.9 Å². The highest BCUT2D eigenvalue weighted by Crippen LogP contribution is 2.33. The summed E-state index contributed by atoms with van der Waals surface area (Å²) in [5.41, 5.74) is 0. The Hall–Kier alpha value is -3.03. The van der Waals surface area contributed by atoms with Gasteiger partial charge in [0.15, 0.2) is 18.9 Å². The van der Waals surface area contributed by atoms with Crippen molar-refractivity contribution in [2.24, 2.45) is 0 Å². The molecule has 19 heteroatoms. The van der Waals surface area contributed by atoms with E-state index in [0.717, 1.165) is 109 Å². The lowest BCUT2D eigenvalue weighted by atomic mass is 9.96. The third kappa shape index (κ3) is 25.8. The predicted molar refractivity (Wildman–Crippen MR) is 295 cm³/mol. The molecule has 1 amide bonds. The molecule has 0 aliphatic carbocycles. The highest BCUT2D eigenvalue weighted by atomic mass is 16.8. The molecule has 0 aromatic heterocycles. The summed E-state index contributed by atoms with van der Waals surface area (Å²) in [5.74, 6) is -0.273. The lowest BCUT2D eigenvalue weighted by molar-refractivity contribution is -0.379. The molecule has 3 aliphatic heterocycles. The van der Waals surface area contributed by atoms with Gasteiger partial charge in [-0.3, -0.25) is 4.79 Å². The zero-order valence-electron chi connectivity index (χ0n) is 46.4. The highest BCUT2D eigenvalue weighted by molar-refractivity contribution is 5.76. The molecule has 17 unspecified atom stereocenters. The maximum atomic E-state index is 13.2. The Morgan fingerprint density at radius 3 is 1.38 bits per heavy atom. The molecule has 0 bridgehead atoms. The van der Waals surface area contributed by atoms with Crippen LogP contribution in [0.15, 0.2) is 85.1 Å². The van der Waals surface area contributed by atoms with Gasteiger partial charge in [-0.05, 0) is 70.6 Å². The predicted octanol–water partition coefficient (Wildman–Crippen LogP) is 4.42. The van der Waals surface area contributed by atoms with Gasteiger partial charge in [-0.15, -0.1) is 0 Å². The number of unbranched alkanes of at least 4 members (excludes halogenated alkanes) is 10. The number of ether oxygens (including phenoxy) is 6. The summed E-state index contributed by atoms with van der Waals surface area (Å²) in [6.07, 6.45) is 23.0. The monoisotopic (exact) mass is 1110 g/mol. The minimum atomic E-state index is -1.98. The first-order chi connectivity index (χ1) is 37.8. The van der Waals surface area contributed by atoms with Crippen molar-refractivity contribution in [2.75, 3.05) is 26.4 Å². The van der Waals surface area contributed by atoms with Crippen LogP contribution in [0.2, 0.25) is 0 Å². The Bertz CT molecular complexity index is 1750. The Kier molecular flexibility index (Phi) is 37.2. The van der Waals surface area contributed by atoms with Gasteiger partial charge in [0.2, 0.25) is 5.91 Å². The molecule has 3 fully saturated rings. The van der Waals surface area contributed by atoms with Crippen molar-refractivity contribution in [2.45, 2.75) is 253 Å². The fraction of sp³-hybridized carbons (Fsp3) is 0.746. The summed E-state index contributed by atoms with van der Waals surface area (Å²) in [7, 11) is 0. The Balaban J connectivity index is 1.41. The molecule has 12 N–H and O–H groups in total. The fourth-order valence-corrected chi connectivity index (χ4v) is 9.23. The van der Waals surface area contributed by atoms with E-state index in [1.54, 1.807) is 0 Å². The van der Waals surface area contributed by atoms with Crippen molar-refractivity contribution >= 4 is 5.91 Å². The maximum absolute atomic E-state index is 13.2. The number of nitrogens with one attached hydrogen (secondary N) is 1. The third-order valence-electron chi connectivity index (χ3n) is 14.0. The first-order valence-electron chi connectivity index (χ1n) is 28.8. The zero-order valence-corrected chi connectivity index (χ0v) is 46.4. The normalized spacial score (nSPS) is 31.1. The van der Waals surface area contributed by atoms with Crippen LogP contribution in [-0.4, -0.2) is 193 Å². The van der Waals surface area contributed by atoms with Gasteiger partial charge >= 0.3 is 0 Å². The molecule has 0 spiro atoms. The van der Waals surface area contributed by atoms with E-state index >= 15 is 0 Å². The zero-order chi connectivity index (χ0) is 56.9. The number of hydrogen-bond acceptors (Lipinski definition) is 18. The molecule has 17 atom stereocenters. The lowest BCUT2D eigenvalue weighted by Gasteiger charge is -2.48. The number of carbonyl (C=O) groups excluding carboxylic acids is 1. The van der Waals surface area contributed by atoms with Gasteiger partial charge in [0.25, 0.3) is 0 Å². The molecule has 3 heterocycles. The van der Waals surface area contributed by atoms with Crippen LogP contribution in [0.25, 0.3) is 0 Å². The van der Waals surface area contributed by atoms with Crippen LogP contribution in [0.4, 0.5) is 0 Å². The van der Waals surface area contributed by atoms with Crippen LogP contribution in [0.5, 0.6) is 0 Å². The largest absolute Gasteiger partial charge is 0.394 e. The Morgan fingerprint density at radius 1 is 0.474 bits per heavy atom. The lowest BCUT2D eigenvalue weighted by Crippen LogP contribution is -2.66. The van der Waals surface area contributed by atoms with E-state index in [2.05, 4.69) is 104 Å². The number of allylic oxidation sites excluding steroid dienone is 14. The molecule has 448 valence electrons. The SMILES string of the molecule is CC/C=C\C/C=C\C/C=C\C/C=C\C/C=C\C/C=C\C/C=C\CCCCCCCC(=O)NC(COC1OC(CO)C(OC2OC(CO)C(OC3OC(CO)C(O)C(O)C3O)C(O)C2O)C(O)C1O)C(O)CCCCCCCC. The molecular weight excluding hydrogens is 1010 g/mol. The van der Waals surface area contributed by atoms with Crippen LogP contribution in [-0.2, 0) is 33.2 Å². The van der Waals surface area contributed by atoms with Crippen molar-refractivity contribution in [3.8, 4) is 0 Å². The molecule has 3 rings (SSSR count). The second-order valence-electron chi connectivity index (χ2n) is 20.4. The van der Waals surface area contributed by atoms with Crippen molar-refractivity contribution in [3.63, 3.8) is 0 Å². The van der Waals surface area contributed by atoms with Crippen molar-refractivity contribution < 1.29 is 89.4 Å². The van der Waals surface area contributed by atoms with Gasteiger partial charge in [-0.25, -0.2) is 0 Å². The van der Waals surface area contributed by atoms with E-state index in [1.807, 2.05) is 0 Å². The van der Waals surface area contributed by atoms with Crippen molar-refractivity contribution in [1.82, 2.24) is 5.32 Å². The minimum Gasteiger partial charge on any atom is -0.394 e. The van der Waals surface area contributed by atoms with E-state index in [1.165, 1.54) is 0 Å². The molecule has 0 saturated carbocycles. The summed E-state index contributed by atoms with van der Waals surface area (Å²) in [4.78, 5) is 13.2. The summed E-state index contributed by atoms with van der Waals surface area (Å²) >= 11 is 0. The molecule has 0 aromatic rings. The third-order valence-corrected chi connectivity index (χ3v) is 14.0. The molecule has 0 radical (unpaired) electrons. The topological polar surface area (TPSA) is 307 Å². The van der Waals surface area contributed by atoms with Crippen LogP contribution >= 0.6 is 0 Å². The summed E-state index contributed by atoms with van der Waals surface area (Å²) in [5, 5.41) is 120. The van der Waals surface area contributed by atoms with E-state index in [9.17, 15) is 61.0 Å². The molecule has 3 saturated heterocycles. The molecule has 19 nitrogen and oxygen atoms in total. The van der Waals surface area contributed by atoms with Crippen LogP contribution < -0.4 is 5.32 Å². The molecular formula is C59H99NO18. The number of rotatable bonds is 40. The van der Waals surface area contributed by atoms with Crippen LogP contribution in [0, 0.1) is 0 Å². The number of aliphatic hydroxyl groups excluding tert-OH is 11. The quantitative estimate of drug-likeness (QED) is 0.0299. The average molecular weight is 1110 g/mol. The van der Waals surface area contributed by atoms with Gasteiger partial charge in [0.05, 0.1) is 38.6 Å². The van der Waals surface area contributed by atoms with Gasteiger partial charge in [-0.1, -0.05) is 157 Å². The van der Waals surface area contributed by atoms with Gasteiger partial charge in [0.1, 0.15) is 73.2 Å². The standard InChI is InChI=1S/C59H99NO18/c1-3-5-7-9-11-12-13-14-15-16-17-18-19-20-21-22-23-24-25-26-27-28-29-30-31-33-35-37-47(65)60-42(43(64)36-34-32-10-8-6-4-2)41-73-57-53(71)50(68)55(45(39-62)75-57)78-59-54(72)51(69)56(46(40-63)76-59)77-58-52(70)49(67)48(66)44(38-61)74-58/h5,7,11-12,14-15,17-18,20-21,23-24,26-27,42-46,48-59,61-64,66-72H,3-4,6,8-10,13,16,19,22,25,28-41H2,1-2H3,(H,60,65)/b7-5-,12-11-,15-14-,18-17-,21-20-,24-23-,27-26-. The van der Waals surface area contributed by atoms with Gasteiger partial charge in [0, 0.05) is 6.42 Å². The first-order valence-corrected chi connectivity index (χ1v) is 28.8. The highest BCUT2D eigenvalue weighted by Gasteiger charge is 2.53. The first kappa shape index (κ1) is 69.2. The number of carbonyl (C=O) groups is 1. The maximum Gasteiger partial charge on any atom is 0.220 e. The van der Waals surface area contributed by atoms with E-state index < -0.39 is 124 Å². The van der Waals surface area contributed by atoms with Crippen molar-refractivity contribution in [3.05, 3.63) is 85.1 Å². The average Bonchev–Trinajstić information content (AvgIpc) is 3.45. The fourth-order valence-electron chi connectivity index (χ4n) is 9.23. The van der Waals surface area contributed by atoms with Crippen molar-refractivity contribution in [1.29, 1.82) is 0 Å². The van der Waals surface area contributed by atoms with E-state index in [0.29, 0.717) is 19.3 Å². The van der Waals surface area contributed by atoms with Crippen LogP contribution in [0.3, 0.4) is 0 Å². The number of aliphatic hydroxyl groups is 11. The molecule has 3 aliphatic rings. The molecule has 0 aromatic carbocycles. The Labute approximate surface area is 463 Å². The Morgan fingerprint density at radius 2 is 0.885 bits per heavy atom. The second-order valence-corrected chi connectivity index (χ2v) is 20.4. The second kappa shape index (κ2) is 41.9. The smallest absolute Gasteiger partial charge is 0.220 e. The summed E-state index contributed by atoms with van der Waals surface area (Å²) in [6, 6.07) is -0.900. The number of hydrogen-bond donors (Lipinski definition) is 12. The van der Waals surface area contributed by atoms with Gasteiger partial charge in [-0.2, -0.15) is 0 Å². The van der Waals surface area contributed by atoms with E-state index in [4.69, 9.17) is 28.4 Å².